The highest BCUT2D eigenvalue weighted by Crippen LogP contribution is 2.27. The molecule has 0 saturated carbocycles. The first-order chi connectivity index (χ1) is 11.3. The summed E-state index contributed by atoms with van der Waals surface area (Å²) in [6, 6.07) is 4.23. The summed E-state index contributed by atoms with van der Waals surface area (Å²) < 4.78 is 0. The normalized spacial score (nSPS) is 19.7. The molecule has 0 unspecified atom stereocenters. The lowest BCUT2D eigenvalue weighted by Crippen LogP contribution is -2.44. The molecular weight excluding hydrogens is 308 g/mol. The van der Waals surface area contributed by atoms with Crippen LogP contribution in [0.25, 0.3) is 0 Å². The Kier molecular flexibility index (Phi) is 4.18. The van der Waals surface area contributed by atoms with E-state index < -0.39 is 0 Å². The molecule has 0 bridgehead atoms. The summed E-state index contributed by atoms with van der Waals surface area (Å²) in [7, 11) is 0. The van der Waals surface area contributed by atoms with E-state index >= 15 is 0 Å². The predicted molar refractivity (Wildman–Crippen MR) is 90.4 cm³/mol. The summed E-state index contributed by atoms with van der Waals surface area (Å²) in [5.41, 5.74) is 2.57. The number of aromatic nitrogens is 2. The predicted octanol–water partition coefficient (Wildman–Crippen LogP) is 2.24. The third kappa shape index (κ3) is 3.19. The van der Waals surface area contributed by atoms with E-state index in [0.29, 0.717) is 12.5 Å². The summed E-state index contributed by atoms with van der Waals surface area (Å²) in [5, 5.41) is 9.26. The van der Waals surface area contributed by atoms with Gasteiger partial charge in [-0.2, -0.15) is 5.10 Å². The van der Waals surface area contributed by atoms with Gasteiger partial charge in [0.05, 0.1) is 6.54 Å². The minimum Gasteiger partial charge on any atom is -0.337 e. The van der Waals surface area contributed by atoms with Gasteiger partial charge in [-0.3, -0.25) is 14.8 Å². The largest absolute Gasteiger partial charge is 0.337 e. The molecule has 0 aromatic carbocycles. The molecule has 2 aromatic heterocycles. The van der Waals surface area contributed by atoms with Gasteiger partial charge in [0.1, 0.15) is 0 Å². The van der Waals surface area contributed by atoms with Gasteiger partial charge in [0.15, 0.2) is 0 Å². The topological polar surface area (TPSA) is 52.2 Å². The molecule has 0 spiro atoms. The SMILES string of the molecule is O=C(CN1CCC(c2ccn[nH]2)CC1)N1CCc2sccc2C1. The lowest BCUT2D eigenvalue weighted by molar-refractivity contribution is -0.133. The zero-order chi connectivity index (χ0) is 15.6. The van der Waals surface area contributed by atoms with Crippen LogP contribution in [0.2, 0.25) is 0 Å². The summed E-state index contributed by atoms with van der Waals surface area (Å²) in [4.78, 5) is 18.4. The Labute approximate surface area is 140 Å². The maximum Gasteiger partial charge on any atom is 0.237 e. The monoisotopic (exact) mass is 330 g/mol. The number of aromatic amines is 1. The molecule has 0 radical (unpaired) electrons. The van der Waals surface area contributed by atoms with Crippen LogP contribution in [0.3, 0.4) is 0 Å². The van der Waals surface area contributed by atoms with E-state index in [2.05, 4.69) is 32.6 Å². The third-order valence-corrected chi connectivity index (χ3v) is 6.09. The first-order valence-corrected chi connectivity index (χ1v) is 9.22. The number of fused-ring (bicyclic) bond motifs is 1. The van der Waals surface area contributed by atoms with E-state index in [4.69, 9.17) is 0 Å². The molecule has 2 aliphatic rings. The third-order valence-electron chi connectivity index (χ3n) is 5.07. The molecule has 1 N–H and O–H groups in total. The van der Waals surface area contributed by atoms with Crippen LogP contribution in [0.4, 0.5) is 0 Å². The van der Waals surface area contributed by atoms with E-state index in [1.807, 2.05) is 22.4 Å². The first-order valence-electron chi connectivity index (χ1n) is 8.34. The van der Waals surface area contributed by atoms with Crippen molar-refractivity contribution >= 4 is 17.2 Å². The second kappa shape index (κ2) is 6.45. The molecule has 1 fully saturated rings. The Morgan fingerprint density at radius 3 is 2.96 bits per heavy atom. The Morgan fingerprint density at radius 1 is 1.30 bits per heavy atom. The number of hydrogen-bond acceptors (Lipinski definition) is 4. The fourth-order valence-corrected chi connectivity index (χ4v) is 4.54. The van der Waals surface area contributed by atoms with Crippen LogP contribution in [0.5, 0.6) is 0 Å². The molecular formula is C17H22N4OS. The summed E-state index contributed by atoms with van der Waals surface area (Å²) in [5.74, 6) is 0.842. The minimum atomic E-state index is 0.279. The number of rotatable bonds is 3. The number of nitrogens with one attached hydrogen (secondary N) is 1. The number of carbonyl (C=O) groups is 1. The van der Waals surface area contributed by atoms with Gasteiger partial charge >= 0.3 is 0 Å². The zero-order valence-electron chi connectivity index (χ0n) is 13.2. The quantitative estimate of drug-likeness (QED) is 0.939. The molecule has 2 aliphatic heterocycles. The molecule has 1 saturated heterocycles. The summed E-state index contributed by atoms with van der Waals surface area (Å²) in [6.45, 7) is 4.22. The number of hydrogen-bond donors (Lipinski definition) is 1. The second-order valence-corrected chi connectivity index (χ2v) is 7.50. The molecule has 4 rings (SSSR count). The number of thiophene rings is 1. The average molecular weight is 330 g/mol. The van der Waals surface area contributed by atoms with Crippen LogP contribution in [-0.4, -0.2) is 52.1 Å². The second-order valence-electron chi connectivity index (χ2n) is 6.50. The molecule has 0 atom stereocenters. The highest BCUT2D eigenvalue weighted by molar-refractivity contribution is 7.10. The van der Waals surface area contributed by atoms with Gasteiger partial charge < -0.3 is 4.90 Å². The number of likely N-dealkylation sites (tertiary alicyclic amines) is 1. The molecule has 5 nitrogen and oxygen atoms in total. The van der Waals surface area contributed by atoms with Crippen LogP contribution < -0.4 is 0 Å². The Morgan fingerprint density at radius 2 is 2.17 bits per heavy atom. The number of nitrogens with zero attached hydrogens (tertiary/aromatic N) is 3. The van der Waals surface area contributed by atoms with E-state index in [1.54, 1.807) is 0 Å². The Bertz CT molecular complexity index is 658. The van der Waals surface area contributed by atoms with Crippen LogP contribution >= 0.6 is 11.3 Å². The zero-order valence-corrected chi connectivity index (χ0v) is 14.0. The number of amides is 1. The van der Waals surface area contributed by atoms with E-state index in [0.717, 1.165) is 45.4 Å². The average Bonchev–Trinajstić information content (AvgIpc) is 3.26. The minimum absolute atomic E-state index is 0.279. The highest BCUT2D eigenvalue weighted by atomic mass is 32.1. The van der Waals surface area contributed by atoms with Gasteiger partial charge in [-0.1, -0.05) is 0 Å². The first kappa shape index (κ1) is 14.9. The number of carbonyl (C=O) groups excluding carboxylic acids is 1. The van der Waals surface area contributed by atoms with Crippen molar-refractivity contribution < 1.29 is 4.79 Å². The Balaban J connectivity index is 1.29. The van der Waals surface area contributed by atoms with Crippen LogP contribution in [0.15, 0.2) is 23.7 Å². The summed E-state index contributed by atoms with van der Waals surface area (Å²) >= 11 is 1.82. The maximum absolute atomic E-state index is 12.6. The van der Waals surface area contributed by atoms with Gasteiger partial charge in [-0.25, -0.2) is 0 Å². The van der Waals surface area contributed by atoms with Crippen molar-refractivity contribution in [3.63, 3.8) is 0 Å². The van der Waals surface area contributed by atoms with Crippen molar-refractivity contribution in [1.82, 2.24) is 20.0 Å². The van der Waals surface area contributed by atoms with Crippen LogP contribution in [-0.2, 0) is 17.8 Å². The van der Waals surface area contributed by atoms with Crippen molar-refractivity contribution in [1.29, 1.82) is 0 Å². The molecule has 6 heteroatoms. The van der Waals surface area contributed by atoms with Gasteiger partial charge in [-0.05, 0) is 55.4 Å². The highest BCUT2D eigenvalue weighted by Gasteiger charge is 2.26. The van der Waals surface area contributed by atoms with Crippen molar-refractivity contribution in [2.24, 2.45) is 0 Å². The number of piperidine rings is 1. The standard InChI is InChI=1S/C17H22N4OS/c22-17(21-9-4-16-14(11-21)5-10-23-16)12-20-7-2-13(3-8-20)15-1-6-18-19-15/h1,5-6,10,13H,2-4,7-9,11-12H2,(H,18,19). The van der Waals surface area contributed by atoms with Gasteiger partial charge in [0, 0.05) is 35.8 Å². The van der Waals surface area contributed by atoms with Gasteiger partial charge in [-0.15, -0.1) is 11.3 Å². The van der Waals surface area contributed by atoms with Crippen molar-refractivity contribution in [2.75, 3.05) is 26.2 Å². The molecule has 2 aromatic rings. The molecule has 122 valence electrons. The van der Waals surface area contributed by atoms with Crippen molar-refractivity contribution in [3.8, 4) is 0 Å². The maximum atomic E-state index is 12.6. The van der Waals surface area contributed by atoms with E-state index in [9.17, 15) is 4.79 Å². The van der Waals surface area contributed by atoms with Gasteiger partial charge in [0.25, 0.3) is 0 Å². The smallest absolute Gasteiger partial charge is 0.237 e. The molecule has 23 heavy (non-hydrogen) atoms. The summed E-state index contributed by atoms with van der Waals surface area (Å²) in [6.07, 6.45) is 5.04. The van der Waals surface area contributed by atoms with Crippen molar-refractivity contribution in [3.05, 3.63) is 39.8 Å². The molecule has 1 amide bonds. The lowest BCUT2D eigenvalue weighted by Gasteiger charge is -2.33. The van der Waals surface area contributed by atoms with Crippen LogP contribution in [0, 0.1) is 0 Å². The Hall–Kier alpha value is -1.66. The fourth-order valence-electron chi connectivity index (χ4n) is 3.65. The van der Waals surface area contributed by atoms with E-state index in [-0.39, 0.29) is 5.91 Å². The number of H-pyrrole nitrogens is 1. The van der Waals surface area contributed by atoms with Crippen LogP contribution in [0.1, 0.15) is 34.9 Å². The fraction of sp³-hybridized carbons (Fsp3) is 0.529. The van der Waals surface area contributed by atoms with E-state index in [1.165, 1.54) is 16.1 Å². The molecule has 4 heterocycles. The lowest BCUT2D eigenvalue weighted by atomic mass is 9.94. The van der Waals surface area contributed by atoms with Crippen molar-refractivity contribution in [2.45, 2.75) is 31.7 Å². The van der Waals surface area contributed by atoms with Gasteiger partial charge in [0.2, 0.25) is 5.91 Å². The molecule has 0 aliphatic carbocycles.